The molecule has 1 aromatic carbocycles. The van der Waals surface area contributed by atoms with Crippen LogP contribution < -0.4 is 4.90 Å². The van der Waals surface area contributed by atoms with Gasteiger partial charge in [0.15, 0.2) is 0 Å². The molecule has 1 aromatic rings. The Morgan fingerprint density at radius 1 is 1.28 bits per heavy atom. The first-order chi connectivity index (χ1) is 8.52. The Hall–Kier alpha value is -1.16. The second-order valence-electron chi connectivity index (χ2n) is 5.34. The Morgan fingerprint density at radius 2 is 1.83 bits per heavy atom. The van der Waals surface area contributed by atoms with Gasteiger partial charge in [-0.05, 0) is 36.5 Å². The number of rotatable bonds is 5. The normalized spacial score (nSPS) is 15.2. The maximum absolute atomic E-state index is 14.0. The second-order valence-corrected chi connectivity index (χ2v) is 5.34. The van der Waals surface area contributed by atoms with Crippen LogP contribution in [-0.2, 0) is 6.61 Å². The van der Waals surface area contributed by atoms with Crippen molar-refractivity contribution in [1.82, 2.24) is 0 Å². The van der Waals surface area contributed by atoms with Crippen molar-refractivity contribution in [2.45, 2.75) is 39.3 Å². The van der Waals surface area contributed by atoms with Gasteiger partial charge in [0, 0.05) is 12.6 Å². The molecule has 1 aliphatic rings. The molecule has 0 radical (unpaired) electrons. The SMILES string of the molecule is CC(C)CN(c1c(F)cc(CO)cc1F)C1CC1. The first-order valence-corrected chi connectivity index (χ1v) is 6.38. The molecule has 1 N–H and O–H groups in total. The number of hydrogen-bond acceptors (Lipinski definition) is 2. The van der Waals surface area contributed by atoms with Gasteiger partial charge in [0.05, 0.1) is 6.61 Å². The Labute approximate surface area is 106 Å². The molecule has 0 aliphatic heterocycles. The van der Waals surface area contributed by atoms with Gasteiger partial charge in [0.2, 0.25) is 0 Å². The van der Waals surface area contributed by atoms with E-state index in [-0.39, 0.29) is 23.9 Å². The summed E-state index contributed by atoms with van der Waals surface area (Å²) in [5, 5.41) is 8.94. The highest BCUT2D eigenvalue weighted by atomic mass is 19.1. The number of benzene rings is 1. The summed E-state index contributed by atoms with van der Waals surface area (Å²) in [7, 11) is 0. The summed E-state index contributed by atoms with van der Waals surface area (Å²) in [5.74, 6) is -0.805. The van der Waals surface area contributed by atoms with Crippen molar-refractivity contribution in [1.29, 1.82) is 0 Å². The third-order valence-electron chi connectivity index (χ3n) is 3.10. The molecule has 0 atom stereocenters. The smallest absolute Gasteiger partial charge is 0.149 e. The van der Waals surface area contributed by atoms with Gasteiger partial charge in [-0.25, -0.2) is 8.78 Å². The summed E-state index contributed by atoms with van der Waals surface area (Å²) in [4.78, 5) is 1.83. The largest absolute Gasteiger partial charge is 0.392 e. The summed E-state index contributed by atoms with van der Waals surface area (Å²) >= 11 is 0. The highest BCUT2D eigenvalue weighted by Gasteiger charge is 2.32. The maximum atomic E-state index is 14.0. The van der Waals surface area contributed by atoms with Crippen LogP contribution in [0.1, 0.15) is 32.3 Å². The fourth-order valence-electron chi connectivity index (χ4n) is 2.19. The van der Waals surface area contributed by atoms with Crippen LogP contribution in [0.4, 0.5) is 14.5 Å². The Kier molecular flexibility index (Phi) is 3.85. The molecule has 18 heavy (non-hydrogen) atoms. The zero-order valence-electron chi connectivity index (χ0n) is 10.8. The Morgan fingerprint density at radius 3 is 2.22 bits per heavy atom. The zero-order chi connectivity index (χ0) is 13.3. The molecule has 0 aromatic heterocycles. The van der Waals surface area contributed by atoms with E-state index in [4.69, 9.17) is 5.11 Å². The molecule has 4 heteroatoms. The lowest BCUT2D eigenvalue weighted by atomic mass is 10.1. The van der Waals surface area contributed by atoms with Gasteiger partial charge in [-0.2, -0.15) is 0 Å². The van der Waals surface area contributed by atoms with Crippen molar-refractivity contribution in [2.24, 2.45) is 5.92 Å². The van der Waals surface area contributed by atoms with Gasteiger partial charge >= 0.3 is 0 Å². The van der Waals surface area contributed by atoms with Crippen LogP contribution in [0.15, 0.2) is 12.1 Å². The van der Waals surface area contributed by atoms with E-state index < -0.39 is 11.6 Å². The lowest BCUT2D eigenvalue weighted by Gasteiger charge is -2.27. The number of anilines is 1. The van der Waals surface area contributed by atoms with E-state index in [1.807, 2.05) is 18.7 Å². The number of nitrogens with zero attached hydrogens (tertiary/aromatic N) is 1. The summed E-state index contributed by atoms with van der Waals surface area (Å²) in [6.45, 7) is 4.37. The van der Waals surface area contributed by atoms with Crippen LogP contribution in [0.5, 0.6) is 0 Å². The number of halogens is 2. The molecule has 1 aliphatic carbocycles. The molecule has 100 valence electrons. The van der Waals surface area contributed by atoms with Crippen LogP contribution in [0, 0.1) is 17.6 Å². The minimum absolute atomic E-state index is 0.0587. The van der Waals surface area contributed by atoms with Gasteiger partial charge in [0.25, 0.3) is 0 Å². The third kappa shape index (κ3) is 2.80. The van der Waals surface area contributed by atoms with E-state index in [9.17, 15) is 8.78 Å². The molecule has 2 rings (SSSR count). The van der Waals surface area contributed by atoms with Crippen LogP contribution in [-0.4, -0.2) is 17.7 Å². The Bertz CT molecular complexity index is 407. The summed E-state index contributed by atoms with van der Waals surface area (Å²) < 4.78 is 28.0. The monoisotopic (exact) mass is 255 g/mol. The summed E-state index contributed by atoms with van der Waals surface area (Å²) in [5.41, 5.74) is 0.331. The van der Waals surface area contributed by atoms with Crippen molar-refractivity contribution in [3.05, 3.63) is 29.3 Å². The van der Waals surface area contributed by atoms with Gasteiger partial charge in [0.1, 0.15) is 17.3 Å². The van der Waals surface area contributed by atoms with Gasteiger partial charge in [-0.1, -0.05) is 13.8 Å². The molecule has 0 amide bonds. The lowest BCUT2D eigenvalue weighted by Crippen LogP contribution is -2.31. The molecular weight excluding hydrogens is 236 g/mol. The van der Waals surface area contributed by atoms with E-state index in [2.05, 4.69) is 0 Å². The highest BCUT2D eigenvalue weighted by molar-refractivity contribution is 5.52. The number of aliphatic hydroxyl groups excluding tert-OH is 1. The van der Waals surface area contributed by atoms with Crippen molar-refractivity contribution in [3.63, 3.8) is 0 Å². The van der Waals surface area contributed by atoms with E-state index >= 15 is 0 Å². The fraction of sp³-hybridized carbons (Fsp3) is 0.571. The Balaban J connectivity index is 2.34. The molecular formula is C14H19F2NO. The van der Waals surface area contributed by atoms with Gasteiger partial charge < -0.3 is 10.0 Å². The molecule has 0 spiro atoms. The third-order valence-corrected chi connectivity index (χ3v) is 3.10. The van der Waals surface area contributed by atoms with Crippen LogP contribution in [0.2, 0.25) is 0 Å². The van der Waals surface area contributed by atoms with Gasteiger partial charge in [-0.3, -0.25) is 0 Å². The molecule has 0 bridgehead atoms. The van der Waals surface area contributed by atoms with Crippen molar-refractivity contribution >= 4 is 5.69 Å². The highest BCUT2D eigenvalue weighted by Crippen LogP contribution is 2.35. The van der Waals surface area contributed by atoms with Crippen molar-refractivity contribution in [3.8, 4) is 0 Å². The van der Waals surface area contributed by atoms with Crippen LogP contribution in [0.3, 0.4) is 0 Å². The summed E-state index contributed by atoms with van der Waals surface area (Å²) in [6, 6.07) is 2.69. The fourth-order valence-corrected chi connectivity index (χ4v) is 2.19. The maximum Gasteiger partial charge on any atom is 0.149 e. The molecule has 1 fully saturated rings. The zero-order valence-corrected chi connectivity index (χ0v) is 10.8. The molecule has 2 nitrogen and oxygen atoms in total. The average Bonchev–Trinajstić information content (AvgIpc) is 3.09. The first kappa shape index (κ1) is 13.3. The number of aliphatic hydroxyl groups is 1. The standard InChI is InChI=1S/C14H19F2NO/c1-9(2)7-17(11-3-4-11)14-12(15)5-10(8-18)6-13(14)16/h5-6,9,11,18H,3-4,7-8H2,1-2H3. The lowest BCUT2D eigenvalue weighted by molar-refractivity contribution is 0.280. The average molecular weight is 255 g/mol. The van der Waals surface area contributed by atoms with E-state index in [0.717, 1.165) is 12.8 Å². The quantitative estimate of drug-likeness (QED) is 0.874. The first-order valence-electron chi connectivity index (χ1n) is 6.38. The minimum atomic E-state index is -0.577. The van der Waals surface area contributed by atoms with E-state index in [1.54, 1.807) is 0 Å². The van der Waals surface area contributed by atoms with Crippen LogP contribution in [0.25, 0.3) is 0 Å². The topological polar surface area (TPSA) is 23.5 Å². The minimum Gasteiger partial charge on any atom is -0.392 e. The van der Waals surface area contributed by atoms with Crippen molar-refractivity contribution in [2.75, 3.05) is 11.4 Å². The predicted octanol–water partition coefficient (Wildman–Crippen LogP) is 3.08. The molecule has 0 heterocycles. The van der Waals surface area contributed by atoms with Gasteiger partial charge in [-0.15, -0.1) is 0 Å². The molecule has 0 saturated heterocycles. The second kappa shape index (κ2) is 5.22. The van der Waals surface area contributed by atoms with E-state index in [1.165, 1.54) is 12.1 Å². The van der Waals surface area contributed by atoms with Crippen molar-refractivity contribution < 1.29 is 13.9 Å². The van der Waals surface area contributed by atoms with E-state index in [0.29, 0.717) is 12.5 Å². The predicted molar refractivity (Wildman–Crippen MR) is 67.5 cm³/mol. The number of hydrogen-bond donors (Lipinski definition) is 1. The molecule has 1 saturated carbocycles. The summed E-state index contributed by atoms with van der Waals surface area (Å²) in [6.07, 6.45) is 1.99. The van der Waals surface area contributed by atoms with Crippen LogP contribution >= 0.6 is 0 Å². The molecule has 0 unspecified atom stereocenters.